The summed E-state index contributed by atoms with van der Waals surface area (Å²) in [7, 11) is 3.10. The van der Waals surface area contributed by atoms with Crippen LogP contribution in [0.15, 0.2) is 72.8 Å². The fourth-order valence-corrected chi connectivity index (χ4v) is 3.21. The third kappa shape index (κ3) is 5.11. The van der Waals surface area contributed by atoms with Crippen LogP contribution in [0.2, 0.25) is 0 Å². The van der Waals surface area contributed by atoms with Gasteiger partial charge in [0.15, 0.2) is 11.5 Å². The first-order valence-electron chi connectivity index (χ1n) is 9.92. The normalized spacial score (nSPS) is 10.4. The van der Waals surface area contributed by atoms with E-state index in [9.17, 15) is 4.79 Å². The molecule has 0 aliphatic rings. The summed E-state index contributed by atoms with van der Waals surface area (Å²) >= 11 is 0. The quantitative estimate of drug-likeness (QED) is 0.506. The number of amides is 1. The van der Waals surface area contributed by atoms with Crippen molar-refractivity contribution in [2.75, 3.05) is 20.8 Å². The molecule has 5 heteroatoms. The van der Waals surface area contributed by atoms with Crippen molar-refractivity contribution in [3.05, 3.63) is 89.5 Å². The van der Waals surface area contributed by atoms with E-state index in [4.69, 9.17) is 14.2 Å². The summed E-state index contributed by atoms with van der Waals surface area (Å²) in [6.07, 6.45) is 0. The van der Waals surface area contributed by atoms with Gasteiger partial charge in [-0.2, -0.15) is 0 Å². The lowest BCUT2D eigenvalue weighted by Gasteiger charge is -2.23. The van der Waals surface area contributed by atoms with E-state index < -0.39 is 0 Å². The average molecular weight is 405 g/mol. The van der Waals surface area contributed by atoms with Gasteiger partial charge >= 0.3 is 0 Å². The number of carbonyl (C=O) groups is 1. The summed E-state index contributed by atoms with van der Waals surface area (Å²) in [6, 6.07) is 23.2. The maximum absolute atomic E-state index is 13.1. The van der Waals surface area contributed by atoms with Gasteiger partial charge in [-0.1, -0.05) is 48.5 Å². The van der Waals surface area contributed by atoms with Gasteiger partial charge in [0.05, 0.1) is 19.8 Å². The molecule has 0 fully saturated rings. The number of methoxy groups -OCH3 is 2. The smallest absolute Gasteiger partial charge is 0.258 e. The van der Waals surface area contributed by atoms with Gasteiger partial charge in [0.25, 0.3) is 5.91 Å². The van der Waals surface area contributed by atoms with Gasteiger partial charge in [0.2, 0.25) is 0 Å². The Kier molecular flexibility index (Phi) is 7.33. The zero-order valence-electron chi connectivity index (χ0n) is 17.6. The Bertz CT molecular complexity index is 955. The molecule has 30 heavy (non-hydrogen) atoms. The Labute approximate surface area is 177 Å². The fourth-order valence-electron chi connectivity index (χ4n) is 3.21. The average Bonchev–Trinajstić information content (AvgIpc) is 2.81. The van der Waals surface area contributed by atoms with Crippen molar-refractivity contribution in [2.45, 2.75) is 20.1 Å². The molecule has 0 saturated carbocycles. The second-order valence-electron chi connectivity index (χ2n) is 6.78. The maximum Gasteiger partial charge on any atom is 0.258 e. The van der Waals surface area contributed by atoms with Crippen LogP contribution in [-0.2, 0) is 13.2 Å². The van der Waals surface area contributed by atoms with Crippen LogP contribution in [0.4, 0.5) is 0 Å². The van der Waals surface area contributed by atoms with Crippen molar-refractivity contribution < 1.29 is 19.0 Å². The highest BCUT2D eigenvalue weighted by atomic mass is 16.5. The van der Waals surface area contributed by atoms with Crippen LogP contribution in [0.1, 0.15) is 28.4 Å². The van der Waals surface area contributed by atoms with E-state index in [0.717, 1.165) is 16.9 Å². The number of ether oxygens (including phenoxy) is 3. The number of hydrogen-bond donors (Lipinski definition) is 0. The Morgan fingerprint density at radius 2 is 1.57 bits per heavy atom. The molecule has 0 spiro atoms. The van der Waals surface area contributed by atoms with E-state index in [1.54, 1.807) is 37.3 Å². The van der Waals surface area contributed by atoms with Gasteiger partial charge in [-0.3, -0.25) is 4.79 Å². The third-order valence-corrected chi connectivity index (χ3v) is 4.85. The summed E-state index contributed by atoms with van der Waals surface area (Å²) in [5.41, 5.74) is 2.64. The van der Waals surface area contributed by atoms with Gasteiger partial charge < -0.3 is 19.1 Å². The first-order valence-corrected chi connectivity index (χ1v) is 9.92. The zero-order valence-corrected chi connectivity index (χ0v) is 17.6. The lowest BCUT2D eigenvalue weighted by molar-refractivity contribution is 0.0748. The number of carbonyl (C=O) groups excluding carboxylic acids is 1. The summed E-state index contributed by atoms with van der Waals surface area (Å²) in [5, 5.41) is 0. The molecule has 5 nitrogen and oxygen atoms in total. The first kappa shape index (κ1) is 21.2. The van der Waals surface area contributed by atoms with E-state index in [0.29, 0.717) is 36.8 Å². The van der Waals surface area contributed by atoms with Crippen LogP contribution < -0.4 is 14.2 Å². The highest BCUT2D eigenvalue weighted by molar-refractivity contribution is 5.97. The Morgan fingerprint density at radius 3 is 2.20 bits per heavy atom. The van der Waals surface area contributed by atoms with Gasteiger partial charge in [-0.25, -0.2) is 0 Å². The highest BCUT2D eigenvalue weighted by Crippen LogP contribution is 2.31. The van der Waals surface area contributed by atoms with Crippen molar-refractivity contribution in [1.82, 2.24) is 4.90 Å². The lowest BCUT2D eigenvalue weighted by atomic mass is 10.1. The Hall–Kier alpha value is -3.47. The molecule has 0 radical (unpaired) electrons. The number of hydrogen-bond acceptors (Lipinski definition) is 4. The van der Waals surface area contributed by atoms with Crippen LogP contribution in [-0.4, -0.2) is 31.6 Å². The van der Waals surface area contributed by atoms with Crippen molar-refractivity contribution in [2.24, 2.45) is 0 Å². The highest BCUT2D eigenvalue weighted by Gasteiger charge is 2.21. The minimum Gasteiger partial charge on any atom is -0.493 e. The summed E-state index contributed by atoms with van der Waals surface area (Å²) in [6.45, 7) is 3.55. The molecule has 0 bridgehead atoms. The Balaban J connectivity index is 1.67. The first-order chi connectivity index (χ1) is 14.7. The van der Waals surface area contributed by atoms with Crippen LogP contribution in [0.3, 0.4) is 0 Å². The largest absolute Gasteiger partial charge is 0.493 e. The monoisotopic (exact) mass is 405 g/mol. The molecule has 0 aliphatic carbocycles. The number of benzene rings is 3. The molecule has 0 atom stereocenters. The zero-order chi connectivity index (χ0) is 21.3. The lowest BCUT2D eigenvalue weighted by Crippen LogP contribution is -2.30. The second kappa shape index (κ2) is 10.3. The topological polar surface area (TPSA) is 48.0 Å². The number of para-hydroxylation sites is 1. The van der Waals surface area contributed by atoms with Gasteiger partial charge in [-0.15, -0.1) is 0 Å². The van der Waals surface area contributed by atoms with Crippen molar-refractivity contribution in [3.8, 4) is 17.2 Å². The molecule has 0 heterocycles. The van der Waals surface area contributed by atoms with Crippen LogP contribution in [0.5, 0.6) is 17.2 Å². The molecule has 3 aromatic carbocycles. The standard InChI is InChI=1S/C25H27NO4/c1-4-26(25(27)22-11-8-12-23(28-2)24(22)29-3)17-19-13-15-21(16-14-19)30-18-20-9-6-5-7-10-20/h5-16H,4,17-18H2,1-3H3. The van der Waals surface area contributed by atoms with Gasteiger partial charge in [0.1, 0.15) is 12.4 Å². The van der Waals surface area contributed by atoms with E-state index >= 15 is 0 Å². The second-order valence-corrected chi connectivity index (χ2v) is 6.78. The SMILES string of the molecule is CCN(Cc1ccc(OCc2ccccc2)cc1)C(=O)c1cccc(OC)c1OC. The summed E-state index contributed by atoms with van der Waals surface area (Å²) in [5.74, 6) is 1.69. The molecule has 0 saturated heterocycles. The van der Waals surface area contributed by atoms with Crippen molar-refractivity contribution in [3.63, 3.8) is 0 Å². The maximum atomic E-state index is 13.1. The van der Waals surface area contributed by atoms with Crippen molar-refractivity contribution in [1.29, 1.82) is 0 Å². The predicted molar refractivity (Wildman–Crippen MR) is 117 cm³/mol. The van der Waals surface area contributed by atoms with E-state index in [-0.39, 0.29) is 5.91 Å². The molecular formula is C25H27NO4. The number of nitrogens with zero attached hydrogens (tertiary/aromatic N) is 1. The minimum absolute atomic E-state index is 0.0994. The number of rotatable bonds is 9. The third-order valence-electron chi connectivity index (χ3n) is 4.85. The summed E-state index contributed by atoms with van der Waals surface area (Å²) < 4.78 is 16.6. The van der Waals surface area contributed by atoms with Crippen molar-refractivity contribution >= 4 is 5.91 Å². The summed E-state index contributed by atoms with van der Waals surface area (Å²) in [4.78, 5) is 14.9. The van der Waals surface area contributed by atoms with Gasteiger partial charge in [0, 0.05) is 13.1 Å². The Morgan fingerprint density at radius 1 is 0.833 bits per heavy atom. The van der Waals surface area contributed by atoms with Crippen LogP contribution in [0, 0.1) is 0 Å². The molecule has 3 rings (SSSR count). The molecular weight excluding hydrogens is 378 g/mol. The molecule has 1 amide bonds. The molecule has 0 aliphatic heterocycles. The van der Waals surface area contributed by atoms with Crippen LogP contribution in [0.25, 0.3) is 0 Å². The van der Waals surface area contributed by atoms with Crippen LogP contribution >= 0.6 is 0 Å². The fraction of sp³-hybridized carbons (Fsp3) is 0.240. The minimum atomic E-state index is -0.0994. The van der Waals surface area contributed by atoms with E-state index in [2.05, 4.69) is 0 Å². The van der Waals surface area contributed by atoms with E-state index in [1.165, 1.54) is 0 Å². The molecule has 0 aromatic heterocycles. The molecule has 0 unspecified atom stereocenters. The predicted octanol–water partition coefficient (Wildman–Crippen LogP) is 4.95. The van der Waals surface area contributed by atoms with Gasteiger partial charge in [-0.05, 0) is 42.3 Å². The molecule has 0 N–H and O–H groups in total. The molecule has 3 aromatic rings. The molecule has 156 valence electrons. The van der Waals surface area contributed by atoms with E-state index in [1.807, 2.05) is 61.5 Å².